The van der Waals surface area contributed by atoms with Gasteiger partial charge in [-0.15, -0.1) is 42.5 Å². The predicted octanol–water partition coefficient (Wildman–Crippen LogP) is -14.1. The molecule has 118 heavy (non-hydrogen) atoms. The van der Waals surface area contributed by atoms with Gasteiger partial charge in [0.05, 0.1) is 200 Å². The minimum atomic E-state index is 0.0795. The van der Waals surface area contributed by atoms with E-state index < -0.39 is 0 Å². The van der Waals surface area contributed by atoms with Crippen LogP contribution in [0.2, 0.25) is 0 Å². The van der Waals surface area contributed by atoms with Crippen molar-refractivity contribution in [2.24, 2.45) is 0 Å². The van der Waals surface area contributed by atoms with E-state index in [1.54, 1.807) is 42.6 Å². The van der Waals surface area contributed by atoms with Gasteiger partial charge in [-0.25, -0.2) is 0 Å². The Morgan fingerprint density at radius 3 is 1.14 bits per heavy atom. The van der Waals surface area contributed by atoms with Gasteiger partial charge in [0.15, 0.2) is 0 Å². The zero-order chi connectivity index (χ0) is 87.3. The number of benzene rings is 8. The first kappa shape index (κ1) is 93.2. The summed E-state index contributed by atoms with van der Waals surface area (Å²) < 4.78 is 0. The monoisotopic (exact) mass is 1470 g/mol. The Hall–Kier alpha value is -10.3. The highest BCUT2D eigenvalue weighted by Gasteiger charge is 2.44. The highest BCUT2D eigenvalue weighted by Crippen LogP contribution is 2.54. The summed E-state index contributed by atoms with van der Waals surface area (Å²) in [7, 11) is 48.8. The lowest BCUT2D eigenvalue weighted by Crippen LogP contribution is -2.80. The Morgan fingerprint density at radius 1 is 0.280 bits per heavy atom. The fourth-order valence-corrected chi connectivity index (χ4v) is 19.5. The van der Waals surface area contributed by atoms with Gasteiger partial charge in [-0.1, -0.05) is 80.6 Å². The van der Waals surface area contributed by atoms with E-state index in [0.29, 0.717) is 105 Å². The van der Waals surface area contributed by atoms with Crippen LogP contribution in [0.4, 0.5) is 0 Å². The maximum absolute atomic E-state index is 6.67. The van der Waals surface area contributed by atoms with E-state index in [-0.39, 0.29) is 26.0 Å². The number of hydrogen-bond donors (Lipinski definition) is 0. The predicted molar refractivity (Wildman–Crippen MR) is 602 cm³/mol. The molecule has 0 spiro atoms. The van der Waals surface area contributed by atoms with E-state index >= 15 is 0 Å². The van der Waals surface area contributed by atoms with Gasteiger partial charge in [-0.05, 0) is 313 Å². The van der Waals surface area contributed by atoms with E-state index in [4.69, 9.17) is 25.7 Å². The van der Waals surface area contributed by atoms with Crippen LogP contribution < -0.4 is 38.2 Å². The van der Waals surface area contributed by atoms with Crippen molar-refractivity contribution in [1.29, 1.82) is 0 Å². The van der Waals surface area contributed by atoms with E-state index in [2.05, 4.69) is 379 Å². The van der Waals surface area contributed by atoms with Gasteiger partial charge < -0.3 is 0 Å². The second-order valence-corrected chi connectivity index (χ2v) is 33.6. The van der Waals surface area contributed by atoms with Gasteiger partial charge in [0, 0.05) is 89.3 Å². The Morgan fingerprint density at radius 2 is 0.695 bits per heavy atom. The van der Waals surface area contributed by atoms with Gasteiger partial charge in [0.1, 0.15) is 15.0 Å². The smallest absolute Gasteiger partial charge is 0.115 e. The minimum Gasteiger partial charge on any atom is -0.115 e. The van der Waals surface area contributed by atoms with E-state index in [1.165, 1.54) is 60.5 Å². The maximum Gasteiger partial charge on any atom is 0.139 e. The van der Waals surface area contributed by atoms with Crippen LogP contribution in [0.5, 0.6) is 0 Å². The molecule has 0 unspecified atom stereocenters. The SMILES string of the molecule is BBB(B)B(B(B)B)c1c(B(B(B)B)B(B)B)c(B(BB)B(B)B)c(B(B)B(B)B)c2c(B(B)BB)c(-c3c4c(C)c(C)c(C)c(C)c4c(-c4c(C#CC#CC#C)c(C#CC#CC)c5c(c4C#CC#CC#CC#C)c(C#CC#CC#CC#CC)c(C)c4c(C)c(C#C)c(C#CC)c(C#CC#C)c45)c4c(C)c(C)c(C)c(C)c34)c(BB)c(B)c12. The van der Waals surface area contributed by atoms with Crippen molar-refractivity contribution < 1.29 is 0 Å². The average Bonchev–Trinajstić information content (AvgIpc) is 0.679. The first-order valence-electron chi connectivity index (χ1n) is 42.3. The summed E-state index contributed by atoms with van der Waals surface area (Å²) in [6.45, 7) is 29.0. The largest absolute Gasteiger partial charge is 0.139 e. The lowest BCUT2D eigenvalue weighted by atomic mass is 8.66. The van der Waals surface area contributed by atoms with E-state index in [0.717, 1.165) is 94.2 Å². The first-order valence-corrected chi connectivity index (χ1v) is 42.3. The van der Waals surface area contributed by atoms with Crippen molar-refractivity contribution in [1.82, 2.24) is 0 Å². The summed E-state index contributed by atoms with van der Waals surface area (Å²) in [5, 5.41) is 10.00. The molecule has 0 aliphatic rings. The molecular formula is C85H83B33. The quantitative estimate of drug-likeness (QED) is 0.0369. The summed E-state index contributed by atoms with van der Waals surface area (Å²) >= 11 is 0. The zero-order valence-electron chi connectivity index (χ0n) is 76.5. The van der Waals surface area contributed by atoms with Gasteiger partial charge in [-0.2, -0.15) is 0 Å². The van der Waals surface area contributed by atoms with E-state index in [1.807, 2.05) is 6.92 Å². The molecule has 0 saturated heterocycles. The topological polar surface area (TPSA) is 0 Å². The molecule has 0 fully saturated rings. The first-order chi connectivity index (χ1) is 56.3. The normalized spacial score (nSPS) is 9.43. The van der Waals surface area contributed by atoms with Crippen LogP contribution in [0, 0.1) is 273 Å². The minimum absolute atomic E-state index is 0.0795. The third-order valence-electron chi connectivity index (χ3n) is 25.9. The number of fused-ring (bicyclic) bond motifs is 6. The van der Waals surface area contributed by atoms with Gasteiger partial charge in [0.25, 0.3) is 0 Å². The fourth-order valence-electron chi connectivity index (χ4n) is 19.5. The van der Waals surface area contributed by atoms with Crippen LogP contribution >= 0.6 is 0 Å². The van der Waals surface area contributed by atoms with Crippen LogP contribution in [0.15, 0.2) is 0 Å². The Kier molecular flexibility index (Phi) is 32.3. The Labute approximate surface area is 734 Å². The third-order valence-corrected chi connectivity index (χ3v) is 25.9. The highest BCUT2D eigenvalue weighted by molar-refractivity contribution is 7.89. The van der Waals surface area contributed by atoms with Crippen molar-refractivity contribution >= 4 is 331 Å². The molecule has 0 nitrogen and oxygen atoms in total. The summed E-state index contributed by atoms with van der Waals surface area (Å²) in [5.41, 5.74) is 29.3. The molecule has 0 saturated carbocycles. The molecule has 0 heterocycles. The molecule has 8 rings (SSSR count). The fraction of sp³-hybridized carbons (Fsp3) is 0.153. The molecule has 0 aliphatic carbocycles. The Balaban J connectivity index is 2.07. The summed E-state index contributed by atoms with van der Waals surface area (Å²) in [6, 6.07) is 0. The lowest BCUT2D eigenvalue weighted by Gasteiger charge is -2.42. The van der Waals surface area contributed by atoms with Crippen molar-refractivity contribution in [3.05, 3.63) is 94.6 Å². The third kappa shape index (κ3) is 17.3. The Bertz CT molecular complexity index is 6690. The molecule has 0 amide bonds. The number of rotatable bonds is 17. The summed E-state index contributed by atoms with van der Waals surface area (Å²) in [5.74, 6) is 93.1. The van der Waals surface area contributed by atoms with Crippen LogP contribution in [-0.2, 0) is 0 Å². The van der Waals surface area contributed by atoms with Gasteiger partial charge >= 0.3 is 0 Å². The second-order valence-electron chi connectivity index (χ2n) is 33.6. The standard InChI is InChI=1S/C85H83B33/c1-18-25-30-33-35-37-40-44-59-57(17)65-56(16)58(24-7)60(42-23-6)61(43-29-22-5)72(65)73-63(45-38-28-21-4)62(46-39-32-27-20-3)71(64(70(59)73)47-41-36-34-31-26-19-2)74-66-52(12)48(8)50(10)54(14)68(66)75(69-55(15)51(11)49(9)53(13)67(69)74)77-80(104-87)79(86)76-78(81(77)108(91)105-88)82(109(92)113(93)94)84(110(106-89)114(95)96)85(111(115(97)98)116(99)100)83(76)112(117(101)102)118(103)107-90/h2-3,5,7,104-107H,86-103H2,1,4,6,8-17H3. The molecule has 0 radical (unpaired) electrons. The molecule has 522 valence electrons. The molecular weight excluding hydrogens is 1380 g/mol. The summed E-state index contributed by atoms with van der Waals surface area (Å²) in [6.07, 6.45) is 26.8. The molecule has 0 aliphatic heterocycles. The van der Waals surface area contributed by atoms with Crippen LogP contribution in [0.3, 0.4) is 0 Å². The van der Waals surface area contributed by atoms with Crippen molar-refractivity contribution in [3.63, 3.8) is 0 Å². The molecule has 0 atom stereocenters. The van der Waals surface area contributed by atoms with Crippen molar-refractivity contribution in [2.45, 2.75) is 90.0 Å². The molecule has 8 aromatic carbocycles. The maximum atomic E-state index is 6.67. The van der Waals surface area contributed by atoms with Gasteiger partial charge in [0.2, 0.25) is 0 Å². The van der Waals surface area contributed by atoms with Gasteiger partial charge in [-0.3, -0.25) is 0 Å². The van der Waals surface area contributed by atoms with Crippen molar-refractivity contribution in [2.75, 3.05) is 0 Å². The highest BCUT2D eigenvalue weighted by atomic mass is 14.3. The summed E-state index contributed by atoms with van der Waals surface area (Å²) in [4.78, 5) is 0. The number of terminal acetylenes is 4. The lowest BCUT2D eigenvalue weighted by molar-refractivity contribution is 1.24. The van der Waals surface area contributed by atoms with Crippen LogP contribution in [0.25, 0.3) is 76.1 Å². The number of aryl methyl sites for hydroxylation is 6. The molecule has 33 heteroatoms. The van der Waals surface area contributed by atoms with E-state index in [9.17, 15) is 0 Å². The van der Waals surface area contributed by atoms with Crippen molar-refractivity contribution in [3.8, 4) is 226 Å². The van der Waals surface area contributed by atoms with Crippen LogP contribution in [-0.4, -0.2) is 239 Å². The molecule has 0 bridgehead atoms. The average molecular weight is 1460 g/mol. The number of hydrogen-bond acceptors (Lipinski definition) is 0. The molecule has 0 N–H and O–H groups in total. The zero-order valence-corrected chi connectivity index (χ0v) is 76.5. The molecule has 8 aromatic rings. The van der Waals surface area contributed by atoms with Crippen LogP contribution in [0.1, 0.15) is 115 Å². The second kappa shape index (κ2) is 40.9. The molecule has 0 aromatic heterocycles.